The minimum atomic E-state index is -4.72. The molecule has 0 N–H and O–H groups in total. The van der Waals surface area contributed by atoms with Crippen LogP contribution < -0.4 is 4.74 Å². The van der Waals surface area contributed by atoms with Crippen molar-refractivity contribution >= 4 is 6.29 Å². The van der Waals surface area contributed by atoms with Crippen LogP contribution in [0.15, 0.2) is 34.7 Å². The van der Waals surface area contributed by atoms with Crippen molar-refractivity contribution in [2.75, 3.05) is 0 Å². The summed E-state index contributed by atoms with van der Waals surface area (Å²) in [6, 6.07) is 6.85. The highest BCUT2D eigenvalue weighted by Gasteiger charge is 2.31. The number of hydrogen-bond acceptors (Lipinski definition) is 3. The van der Waals surface area contributed by atoms with Gasteiger partial charge in [-0.05, 0) is 30.3 Å². The molecule has 2 rings (SSSR count). The van der Waals surface area contributed by atoms with E-state index in [-0.39, 0.29) is 11.7 Å². The summed E-state index contributed by atoms with van der Waals surface area (Å²) >= 11 is 0. The monoisotopic (exact) mass is 298 g/mol. The van der Waals surface area contributed by atoms with E-state index in [1.807, 2.05) is 13.8 Å². The number of carbonyl (C=O) groups is 1. The molecule has 21 heavy (non-hydrogen) atoms. The Morgan fingerprint density at radius 3 is 2.24 bits per heavy atom. The van der Waals surface area contributed by atoms with Crippen LogP contribution in [-0.2, 0) is 0 Å². The fourth-order valence-corrected chi connectivity index (χ4v) is 1.93. The number of hydrogen-bond donors (Lipinski definition) is 0. The highest BCUT2D eigenvalue weighted by Crippen LogP contribution is 2.31. The van der Waals surface area contributed by atoms with Crippen molar-refractivity contribution in [3.05, 3.63) is 41.7 Å². The van der Waals surface area contributed by atoms with E-state index < -0.39 is 6.36 Å². The van der Waals surface area contributed by atoms with Crippen molar-refractivity contribution in [1.82, 2.24) is 0 Å². The Labute approximate surface area is 119 Å². The van der Waals surface area contributed by atoms with Gasteiger partial charge in [-0.25, -0.2) is 0 Å². The second-order valence-corrected chi connectivity index (χ2v) is 4.77. The molecule has 2 aromatic rings. The standard InChI is InChI=1S/C15H13F3O3/c1-9(2)14-11(8-19)7-13(20-14)10-3-5-12(6-4-10)21-15(16,17)18/h3-9H,1-2H3. The smallest absolute Gasteiger partial charge is 0.460 e. The summed E-state index contributed by atoms with van der Waals surface area (Å²) < 4.78 is 45.6. The van der Waals surface area contributed by atoms with Gasteiger partial charge in [0.2, 0.25) is 0 Å². The first kappa shape index (κ1) is 15.2. The van der Waals surface area contributed by atoms with E-state index in [0.717, 1.165) is 0 Å². The molecule has 112 valence electrons. The summed E-state index contributed by atoms with van der Waals surface area (Å²) in [5.74, 6) is 0.708. The van der Waals surface area contributed by atoms with Crippen LogP contribution in [0.1, 0.15) is 35.9 Å². The molecule has 0 unspecified atom stereocenters. The second kappa shape index (κ2) is 5.63. The zero-order valence-corrected chi connectivity index (χ0v) is 11.4. The lowest BCUT2D eigenvalue weighted by Crippen LogP contribution is -2.16. The number of halogens is 3. The molecule has 6 heteroatoms. The van der Waals surface area contributed by atoms with Crippen molar-refractivity contribution in [3.63, 3.8) is 0 Å². The van der Waals surface area contributed by atoms with Crippen LogP contribution in [0.2, 0.25) is 0 Å². The van der Waals surface area contributed by atoms with Gasteiger partial charge < -0.3 is 9.15 Å². The first-order valence-electron chi connectivity index (χ1n) is 6.25. The summed E-state index contributed by atoms with van der Waals surface area (Å²) in [6.07, 6.45) is -4.02. The normalized spacial score (nSPS) is 11.7. The molecule has 0 radical (unpaired) electrons. The lowest BCUT2D eigenvalue weighted by Gasteiger charge is -2.08. The van der Waals surface area contributed by atoms with Crippen molar-refractivity contribution in [1.29, 1.82) is 0 Å². The fourth-order valence-electron chi connectivity index (χ4n) is 1.93. The Morgan fingerprint density at radius 2 is 1.81 bits per heavy atom. The Morgan fingerprint density at radius 1 is 1.19 bits per heavy atom. The van der Waals surface area contributed by atoms with Gasteiger partial charge in [-0.2, -0.15) is 0 Å². The van der Waals surface area contributed by atoms with E-state index in [2.05, 4.69) is 4.74 Å². The fraction of sp³-hybridized carbons (Fsp3) is 0.267. The van der Waals surface area contributed by atoms with Crippen LogP contribution in [0.3, 0.4) is 0 Å². The van der Waals surface area contributed by atoms with Crippen molar-refractivity contribution in [3.8, 4) is 17.1 Å². The largest absolute Gasteiger partial charge is 0.573 e. The van der Waals surface area contributed by atoms with Gasteiger partial charge in [-0.3, -0.25) is 4.79 Å². The molecule has 0 amide bonds. The zero-order chi connectivity index (χ0) is 15.6. The SMILES string of the molecule is CC(C)c1oc(-c2ccc(OC(F)(F)F)cc2)cc1C=O. The highest BCUT2D eigenvalue weighted by atomic mass is 19.4. The van der Waals surface area contributed by atoms with Gasteiger partial charge >= 0.3 is 6.36 Å². The predicted molar refractivity (Wildman–Crippen MR) is 70.3 cm³/mol. The van der Waals surface area contributed by atoms with Gasteiger partial charge in [0.15, 0.2) is 6.29 Å². The minimum absolute atomic E-state index is 0.0341. The van der Waals surface area contributed by atoms with Gasteiger partial charge in [0.05, 0.1) is 5.56 Å². The molecule has 0 spiro atoms. The highest BCUT2D eigenvalue weighted by molar-refractivity contribution is 5.79. The molecule has 0 aliphatic carbocycles. The summed E-state index contributed by atoms with van der Waals surface area (Å²) in [5.41, 5.74) is 1.01. The van der Waals surface area contributed by atoms with Crippen LogP contribution in [-0.4, -0.2) is 12.6 Å². The summed E-state index contributed by atoms with van der Waals surface area (Å²) in [7, 11) is 0. The number of rotatable bonds is 4. The summed E-state index contributed by atoms with van der Waals surface area (Å²) in [6.45, 7) is 3.77. The van der Waals surface area contributed by atoms with Gasteiger partial charge in [0, 0.05) is 11.5 Å². The molecule has 1 aromatic carbocycles. The molecule has 0 aliphatic heterocycles. The molecule has 1 heterocycles. The first-order chi connectivity index (χ1) is 9.80. The Hall–Kier alpha value is -2.24. The molecule has 3 nitrogen and oxygen atoms in total. The van der Waals surface area contributed by atoms with E-state index in [0.29, 0.717) is 28.9 Å². The first-order valence-corrected chi connectivity index (χ1v) is 6.25. The Bertz CT molecular complexity index is 625. The molecule has 0 saturated carbocycles. The number of carbonyl (C=O) groups excluding carboxylic acids is 1. The lowest BCUT2D eigenvalue weighted by molar-refractivity contribution is -0.274. The van der Waals surface area contributed by atoms with Gasteiger partial charge in [0.1, 0.15) is 17.3 Å². The lowest BCUT2D eigenvalue weighted by atomic mass is 10.1. The van der Waals surface area contributed by atoms with Crippen molar-refractivity contribution < 1.29 is 27.1 Å². The third-order valence-corrected chi connectivity index (χ3v) is 2.81. The summed E-state index contributed by atoms with van der Waals surface area (Å²) in [5, 5.41) is 0. The van der Waals surface area contributed by atoms with Crippen molar-refractivity contribution in [2.24, 2.45) is 0 Å². The number of alkyl halides is 3. The molecule has 0 bridgehead atoms. The number of benzene rings is 1. The van der Waals surface area contributed by atoms with Crippen LogP contribution in [0, 0.1) is 0 Å². The predicted octanol–water partition coefficient (Wildman–Crippen LogP) is 4.78. The third kappa shape index (κ3) is 3.65. The van der Waals surface area contributed by atoms with Gasteiger partial charge in [-0.1, -0.05) is 13.8 Å². The summed E-state index contributed by atoms with van der Waals surface area (Å²) in [4.78, 5) is 11.0. The van der Waals surface area contributed by atoms with E-state index in [1.54, 1.807) is 6.07 Å². The quantitative estimate of drug-likeness (QED) is 0.762. The van der Waals surface area contributed by atoms with E-state index in [1.165, 1.54) is 24.3 Å². The molecule has 1 aromatic heterocycles. The Balaban J connectivity index is 2.29. The number of furan rings is 1. The molecule has 0 atom stereocenters. The third-order valence-electron chi connectivity index (χ3n) is 2.81. The van der Waals surface area contributed by atoms with Crippen LogP contribution in [0.25, 0.3) is 11.3 Å². The maximum Gasteiger partial charge on any atom is 0.573 e. The average molecular weight is 298 g/mol. The average Bonchev–Trinajstić information content (AvgIpc) is 2.82. The second-order valence-electron chi connectivity index (χ2n) is 4.77. The number of aldehydes is 1. The molecule has 0 aliphatic rings. The van der Waals surface area contributed by atoms with E-state index in [9.17, 15) is 18.0 Å². The van der Waals surface area contributed by atoms with Crippen LogP contribution >= 0.6 is 0 Å². The Kier molecular flexibility index (Phi) is 4.06. The molecular weight excluding hydrogens is 285 g/mol. The van der Waals surface area contributed by atoms with E-state index in [4.69, 9.17) is 4.42 Å². The minimum Gasteiger partial charge on any atom is -0.460 e. The zero-order valence-electron chi connectivity index (χ0n) is 11.4. The van der Waals surface area contributed by atoms with E-state index >= 15 is 0 Å². The molecule has 0 saturated heterocycles. The topological polar surface area (TPSA) is 39.4 Å². The maximum absolute atomic E-state index is 12.1. The van der Waals surface area contributed by atoms with Gasteiger partial charge in [0.25, 0.3) is 0 Å². The molecule has 0 fully saturated rings. The van der Waals surface area contributed by atoms with Gasteiger partial charge in [-0.15, -0.1) is 13.2 Å². The van der Waals surface area contributed by atoms with Crippen LogP contribution in [0.5, 0.6) is 5.75 Å². The molecular formula is C15H13F3O3. The number of ether oxygens (including phenoxy) is 1. The van der Waals surface area contributed by atoms with Crippen molar-refractivity contribution in [2.45, 2.75) is 26.1 Å². The van der Waals surface area contributed by atoms with Crippen LogP contribution in [0.4, 0.5) is 13.2 Å². The maximum atomic E-state index is 12.1.